The third-order valence-electron chi connectivity index (χ3n) is 7.41. The summed E-state index contributed by atoms with van der Waals surface area (Å²) in [6.45, 7) is 3.24. The number of aryl methyl sites for hydroxylation is 1. The van der Waals surface area contributed by atoms with Gasteiger partial charge in [-0.2, -0.15) is 0 Å². The molecule has 2 unspecified atom stereocenters. The van der Waals surface area contributed by atoms with Crippen LogP contribution in [0.5, 0.6) is 0 Å². The highest BCUT2D eigenvalue weighted by molar-refractivity contribution is 5.77. The quantitative estimate of drug-likeness (QED) is 0.268. The highest BCUT2D eigenvalue weighted by Gasteiger charge is 2.43. The van der Waals surface area contributed by atoms with Gasteiger partial charge in [0.2, 0.25) is 5.91 Å². The summed E-state index contributed by atoms with van der Waals surface area (Å²) in [6, 6.07) is 12.3. The zero-order valence-electron chi connectivity index (χ0n) is 22.3. The molecule has 9 heteroatoms. The molecule has 8 nitrogen and oxygen atoms in total. The number of carbonyl (C=O) groups excluding carboxylic acids is 1. The van der Waals surface area contributed by atoms with Gasteiger partial charge in [0.15, 0.2) is 0 Å². The van der Waals surface area contributed by atoms with Crippen LogP contribution < -0.4 is 10.6 Å². The minimum atomic E-state index is -1.51. The molecule has 0 radical (unpaired) electrons. The maximum atomic E-state index is 15.5. The normalized spacial score (nSPS) is 18.0. The van der Waals surface area contributed by atoms with E-state index in [2.05, 4.69) is 10.6 Å². The molecule has 0 saturated carbocycles. The number of rotatable bonds is 12. The summed E-state index contributed by atoms with van der Waals surface area (Å²) < 4.78 is 15.5. The number of aliphatic hydroxyl groups is 2. The third-order valence-corrected chi connectivity index (χ3v) is 7.41. The van der Waals surface area contributed by atoms with Gasteiger partial charge in [0.1, 0.15) is 5.82 Å². The van der Waals surface area contributed by atoms with Crippen molar-refractivity contribution in [2.75, 3.05) is 33.2 Å². The number of benzene rings is 2. The Hall–Kier alpha value is -3.01. The molecule has 2 aromatic carbocycles. The molecule has 1 aliphatic heterocycles. The Bertz CT molecular complexity index is 1100. The average molecular weight is 530 g/mol. The summed E-state index contributed by atoms with van der Waals surface area (Å²) in [4.78, 5) is 25.6. The van der Waals surface area contributed by atoms with E-state index in [1.54, 1.807) is 24.1 Å². The number of nitrogens with zero attached hydrogens (tertiary/aromatic N) is 1. The summed E-state index contributed by atoms with van der Waals surface area (Å²) in [6.07, 6.45) is 0.595. The van der Waals surface area contributed by atoms with E-state index in [0.717, 1.165) is 12.0 Å². The van der Waals surface area contributed by atoms with Crippen LogP contribution in [-0.4, -0.2) is 71.6 Å². The summed E-state index contributed by atoms with van der Waals surface area (Å²) >= 11 is 0. The second kappa shape index (κ2) is 13.7. The van der Waals surface area contributed by atoms with Gasteiger partial charge in [0.05, 0.1) is 18.1 Å². The highest BCUT2D eigenvalue weighted by Crippen LogP contribution is 2.44. The van der Waals surface area contributed by atoms with Crippen LogP contribution in [0.15, 0.2) is 42.5 Å². The van der Waals surface area contributed by atoms with Gasteiger partial charge >= 0.3 is 6.09 Å². The molecule has 0 aromatic heterocycles. The summed E-state index contributed by atoms with van der Waals surface area (Å²) in [5, 5.41) is 36.7. The summed E-state index contributed by atoms with van der Waals surface area (Å²) in [7, 11) is 1.71. The largest absolute Gasteiger partial charge is 0.465 e. The third kappa shape index (κ3) is 7.30. The van der Waals surface area contributed by atoms with Crippen molar-refractivity contribution < 1.29 is 29.3 Å². The first-order chi connectivity index (χ1) is 18.2. The van der Waals surface area contributed by atoms with Crippen molar-refractivity contribution in [2.45, 2.75) is 57.2 Å². The molecule has 38 heavy (non-hydrogen) atoms. The van der Waals surface area contributed by atoms with E-state index in [0.29, 0.717) is 49.0 Å². The van der Waals surface area contributed by atoms with Gasteiger partial charge in [0.25, 0.3) is 0 Å². The van der Waals surface area contributed by atoms with Crippen molar-refractivity contribution in [3.05, 3.63) is 59.4 Å². The molecule has 1 saturated heterocycles. The van der Waals surface area contributed by atoms with Crippen molar-refractivity contribution in [2.24, 2.45) is 5.92 Å². The van der Waals surface area contributed by atoms with Crippen LogP contribution >= 0.6 is 0 Å². The topological polar surface area (TPSA) is 122 Å². The Morgan fingerprint density at radius 2 is 2.00 bits per heavy atom. The minimum Gasteiger partial charge on any atom is -0.465 e. The van der Waals surface area contributed by atoms with Crippen LogP contribution in [0.1, 0.15) is 50.2 Å². The monoisotopic (exact) mass is 529 g/mol. The highest BCUT2D eigenvalue weighted by atomic mass is 19.1. The van der Waals surface area contributed by atoms with E-state index in [1.807, 2.05) is 31.2 Å². The van der Waals surface area contributed by atoms with Crippen LogP contribution in [0.4, 0.5) is 9.18 Å². The summed E-state index contributed by atoms with van der Waals surface area (Å²) in [5.74, 6) is -1.04. The number of hydrogen-bond acceptors (Lipinski definition) is 5. The number of carboxylic acid groups (broad SMARTS) is 1. The second-order valence-corrected chi connectivity index (χ2v) is 10.1. The molecular formula is C29H40FN3O5. The molecule has 0 aliphatic carbocycles. The lowest BCUT2D eigenvalue weighted by Gasteiger charge is -2.44. The first-order valence-electron chi connectivity index (χ1n) is 13.4. The molecule has 1 aliphatic rings. The summed E-state index contributed by atoms with van der Waals surface area (Å²) in [5.41, 5.74) is 0.960. The zero-order valence-corrected chi connectivity index (χ0v) is 22.3. The number of piperidine rings is 1. The van der Waals surface area contributed by atoms with Gasteiger partial charge in [-0.15, -0.1) is 0 Å². The van der Waals surface area contributed by atoms with Crippen molar-refractivity contribution in [1.82, 2.24) is 15.5 Å². The fourth-order valence-electron chi connectivity index (χ4n) is 5.47. The molecule has 208 valence electrons. The number of hydrogen-bond donors (Lipinski definition) is 5. The number of halogens is 1. The Labute approximate surface area is 223 Å². The lowest BCUT2D eigenvalue weighted by atomic mass is 9.72. The Balaban J connectivity index is 1.99. The van der Waals surface area contributed by atoms with Crippen LogP contribution in [0, 0.1) is 11.7 Å². The number of likely N-dealkylation sites (tertiary alicyclic amines) is 1. The van der Waals surface area contributed by atoms with Gasteiger partial charge in [0, 0.05) is 37.7 Å². The fraction of sp³-hybridized carbons (Fsp3) is 0.517. The SMILES string of the molecule is CCc1cccc(-c2c(F)cccc2C(O)(CCCNC(=O)O)[C@@H]2CCCN(C(=O)CC(O)CNC)C2)c1. The molecule has 2 aromatic rings. The number of aliphatic hydroxyl groups excluding tert-OH is 1. The molecule has 0 bridgehead atoms. The predicted molar refractivity (Wildman–Crippen MR) is 144 cm³/mol. The van der Waals surface area contributed by atoms with Crippen molar-refractivity contribution >= 4 is 12.0 Å². The molecule has 5 N–H and O–H groups in total. The van der Waals surface area contributed by atoms with Crippen molar-refractivity contribution in [3.8, 4) is 11.1 Å². The maximum absolute atomic E-state index is 15.5. The predicted octanol–water partition coefficient (Wildman–Crippen LogP) is 3.50. The molecule has 1 fully saturated rings. The van der Waals surface area contributed by atoms with Crippen molar-refractivity contribution in [3.63, 3.8) is 0 Å². The van der Waals surface area contributed by atoms with Crippen molar-refractivity contribution in [1.29, 1.82) is 0 Å². The van der Waals surface area contributed by atoms with Gasteiger partial charge < -0.3 is 30.9 Å². The molecule has 3 rings (SSSR count). The van der Waals surface area contributed by atoms with Gasteiger partial charge in [-0.25, -0.2) is 9.18 Å². The maximum Gasteiger partial charge on any atom is 0.404 e. The number of nitrogens with one attached hydrogen (secondary N) is 2. The first kappa shape index (κ1) is 29.5. The lowest BCUT2D eigenvalue weighted by molar-refractivity contribution is -0.138. The smallest absolute Gasteiger partial charge is 0.404 e. The van der Waals surface area contributed by atoms with E-state index in [-0.39, 0.29) is 31.8 Å². The van der Waals surface area contributed by atoms with E-state index >= 15 is 4.39 Å². The second-order valence-electron chi connectivity index (χ2n) is 10.1. The fourth-order valence-corrected chi connectivity index (χ4v) is 5.47. The van der Waals surface area contributed by atoms with Gasteiger partial charge in [-0.3, -0.25) is 4.79 Å². The van der Waals surface area contributed by atoms with E-state index in [4.69, 9.17) is 5.11 Å². The Kier molecular flexibility index (Phi) is 10.6. The van der Waals surface area contributed by atoms with Crippen LogP contribution in [0.25, 0.3) is 11.1 Å². The van der Waals surface area contributed by atoms with E-state index < -0.39 is 29.5 Å². The average Bonchev–Trinajstić information content (AvgIpc) is 2.91. The lowest BCUT2D eigenvalue weighted by Crippen LogP contribution is -2.49. The molecule has 1 heterocycles. The molecular weight excluding hydrogens is 489 g/mol. The number of likely N-dealkylation sites (N-methyl/N-ethyl adjacent to an activating group) is 1. The van der Waals surface area contributed by atoms with Gasteiger partial charge in [-0.1, -0.05) is 43.3 Å². The van der Waals surface area contributed by atoms with Crippen LogP contribution in [0.2, 0.25) is 0 Å². The van der Waals surface area contributed by atoms with Crippen LogP contribution in [0.3, 0.4) is 0 Å². The number of carbonyl (C=O) groups is 2. The first-order valence-corrected chi connectivity index (χ1v) is 13.4. The minimum absolute atomic E-state index is 0.0243. The van der Waals surface area contributed by atoms with E-state index in [9.17, 15) is 19.8 Å². The Morgan fingerprint density at radius 3 is 2.71 bits per heavy atom. The Morgan fingerprint density at radius 1 is 1.24 bits per heavy atom. The number of amides is 2. The zero-order chi connectivity index (χ0) is 27.7. The molecule has 3 atom stereocenters. The standard InChI is InChI=1S/C29H40FN3O5/c1-3-20-8-4-9-21(16-20)27-24(11-5-12-25(27)30)29(38,13-7-14-32-28(36)37)22-10-6-15-33(19-22)26(35)17-23(34)18-31-2/h4-5,8-9,11-12,16,22-23,31-32,34,38H,3,6-7,10,13-15,17-19H2,1-2H3,(H,36,37)/t22-,23?,29?/m1/s1. The molecule has 0 spiro atoms. The molecule has 2 amide bonds. The van der Waals surface area contributed by atoms with E-state index in [1.165, 1.54) is 6.07 Å². The van der Waals surface area contributed by atoms with Gasteiger partial charge in [-0.05, 0) is 61.9 Å². The van der Waals surface area contributed by atoms with Crippen LogP contribution in [-0.2, 0) is 16.8 Å².